The second-order valence-corrected chi connectivity index (χ2v) is 4.34. The Kier molecular flexibility index (Phi) is 3.35. The average Bonchev–Trinajstić information content (AvgIpc) is 2.83. The molecule has 6 nitrogen and oxygen atoms in total. The number of aryl methyl sites for hydroxylation is 1. The van der Waals surface area contributed by atoms with Crippen molar-refractivity contribution in [1.29, 1.82) is 0 Å². The molecule has 0 saturated carbocycles. The Balaban J connectivity index is 2.25. The topological polar surface area (TPSA) is 78.0 Å². The van der Waals surface area contributed by atoms with Crippen LogP contribution in [0, 0.1) is 0 Å². The highest BCUT2D eigenvalue weighted by molar-refractivity contribution is 9.10. The lowest BCUT2D eigenvalue weighted by molar-refractivity contribution is 0.0756. The molecule has 7 heteroatoms. The maximum Gasteiger partial charge on any atom is 0.153 e. The molecular formula is C8H14BrN5O. The first kappa shape index (κ1) is 11.0. The zero-order chi connectivity index (χ0) is 10.8. The summed E-state index contributed by atoms with van der Waals surface area (Å²) in [6.07, 6.45) is 2.18. The molecule has 2 rings (SSSR count). The predicted molar refractivity (Wildman–Crippen MR) is 57.7 cm³/mol. The Morgan fingerprint density at radius 3 is 3.00 bits per heavy atom. The van der Waals surface area contributed by atoms with Gasteiger partial charge in [0.1, 0.15) is 0 Å². The predicted octanol–water partition coefficient (Wildman–Crippen LogP) is 0.261. The third-order valence-electron chi connectivity index (χ3n) is 2.64. The molecule has 1 aromatic rings. The van der Waals surface area contributed by atoms with Crippen LogP contribution in [0.5, 0.6) is 0 Å². The minimum atomic E-state index is -0.0677. The molecule has 1 fully saturated rings. The van der Waals surface area contributed by atoms with E-state index in [1.165, 1.54) is 0 Å². The van der Waals surface area contributed by atoms with E-state index >= 15 is 0 Å². The van der Waals surface area contributed by atoms with E-state index in [1.807, 2.05) is 7.05 Å². The summed E-state index contributed by atoms with van der Waals surface area (Å²) in [6.45, 7) is 0.797. The Morgan fingerprint density at radius 1 is 1.73 bits per heavy atom. The van der Waals surface area contributed by atoms with Gasteiger partial charge in [-0.2, -0.15) is 0 Å². The van der Waals surface area contributed by atoms with Gasteiger partial charge in [-0.15, -0.1) is 5.10 Å². The van der Waals surface area contributed by atoms with Crippen LogP contribution in [-0.4, -0.2) is 27.7 Å². The summed E-state index contributed by atoms with van der Waals surface area (Å²) < 4.78 is 8.02. The van der Waals surface area contributed by atoms with Gasteiger partial charge in [-0.05, 0) is 28.8 Å². The number of nitrogens with two attached hydrogens (primary N) is 1. The first-order chi connectivity index (χ1) is 7.24. The van der Waals surface area contributed by atoms with Gasteiger partial charge >= 0.3 is 0 Å². The summed E-state index contributed by atoms with van der Waals surface area (Å²) in [7, 11) is 1.84. The van der Waals surface area contributed by atoms with Gasteiger partial charge in [0.05, 0.1) is 17.8 Å². The summed E-state index contributed by atoms with van der Waals surface area (Å²) >= 11 is 3.36. The van der Waals surface area contributed by atoms with Crippen molar-refractivity contribution in [2.75, 3.05) is 6.61 Å². The summed E-state index contributed by atoms with van der Waals surface area (Å²) in [6, 6.07) is -0.0677. The first-order valence-electron chi connectivity index (χ1n) is 4.87. The zero-order valence-corrected chi connectivity index (χ0v) is 10.1. The van der Waals surface area contributed by atoms with E-state index in [2.05, 4.69) is 31.7 Å². The van der Waals surface area contributed by atoms with Crippen LogP contribution in [0.3, 0.4) is 0 Å². The molecular weight excluding hydrogens is 262 g/mol. The van der Waals surface area contributed by atoms with Gasteiger partial charge in [0.25, 0.3) is 0 Å². The number of hydrazine groups is 1. The molecule has 1 aliphatic heterocycles. The van der Waals surface area contributed by atoms with Crippen LogP contribution in [-0.2, 0) is 11.8 Å². The smallest absolute Gasteiger partial charge is 0.153 e. The Labute approximate surface area is 96.3 Å². The van der Waals surface area contributed by atoms with Crippen molar-refractivity contribution in [2.45, 2.75) is 25.0 Å². The van der Waals surface area contributed by atoms with Crippen molar-refractivity contribution >= 4 is 15.9 Å². The minimum absolute atomic E-state index is 0.0677. The normalized spacial score (nSPS) is 23.3. The van der Waals surface area contributed by atoms with Crippen molar-refractivity contribution < 1.29 is 4.74 Å². The van der Waals surface area contributed by atoms with E-state index in [0.717, 1.165) is 25.1 Å². The lowest BCUT2D eigenvalue weighted by Gasteiger charge is -2.21. The SMILES string of the molecule is Cn1nnc(Br)c1C(NN)C1CCCO1. The van der Waals surface area contributed by atoms with Gasteiger partial charge in [0.2, 0.25) is 0 Å². The molecule has 3 N–H and O–H groups in total. The second-order valence-electron chi connectivity index (χ2n) is 3.58. The maximum atomic E-state index is 5.61. The Hall–Kier alpha value is -0.500. The molecule has 1 saturated heterocycles. The third kappa shape index (κ3) is 2.05. The molecule has 2 unspecified atom stereocenters. The van der Waals surface area contributed by atoms with Crippen molar-refractivity contribution in [3.63, 3.8) is 0 Å². The van der Waals surface area contributed by atoms with Crippen LogP contribution >= 0.6 is 15.9 Å². The fraction of sp³-hybridized carbons (Fsp3) is 0.750. The molecule has 2 heterocycles. The van der Waals surface area contributed by atoms with Crippen molar-refractivity contribution in [3.05, 3.63) is 10.3 Å². The average molecular weight is 276 g/mol. The van der Waals surface area contributed by atoms with Crippen LogP contribution in [0.4, 0.5) is 0 Å². The van der Waals surface area contributed by atoms with Gasteiger partial charge in [0, 0.05) is 13.7 Å². The molecule has 1 aromatic heterocycles. The monoisotopic (exact) mass is 275 g/mol. The van der Waals surface area contributed by atoms with Crippen molar-refractivity contribution in [3.8, 4) is 0 Å². The molecule has 15 heavy (non-hydrogen) atoms. The lowest BCUT2D eigenvalue weighted by Crippen LogP contribution is -2.37. The Morgan fingerprint density at radius 2 is 2.53 bits per heavy atom. The van der Waals surface area contributed by atoms with Crippen molar-refractivity contribution in [1.82, 2.24) is 20.4 Å². The molecule has 84 valence electrons. The maximum absolute atomic E-state index is 5.61. The number of ether oxygens (including phenoxy) is 1. The molecule has 1 aliphatic rings. The van der Waals surface area contributed by atoms with Crippen LogP contribution in [0.25, 0.3) is 0 Å². The summed E-state index contributed by atoms with van der Waals surface area (Å²) in [5.41, 5.74) is 3.69. The molecule has 0 aliphatic carbocycles. The standard InChI is InChI=1S/C8H14BrN5O/c1-14-7(8(9)12-13-14)6(11-10)5-3-2-4-15-5/h5-6,11H,2-4,10H2,1H3. The van der Waals surface area contributed by atoms with Gasteiger partial charge < -0.3 is 4.74 Å². The van der Waals surface area contributed by atoms with Crippen LogP contribution < -0.4 is 11.3 Å². The quantitative estimate of drug-likeness (QED) is 0.611. The number of nitrogens with one attached hydrogen (secondary N) is 1. The summed E-state index contributed by atoms with van der Waals surface area (Å²) in [5.74, 6) is 5.56. The number of hydrogen-bond donors (Lipinski definition) is 2. The van der Waals surface area contributed by atoms with E-state index in [-0.39, 0.29) is 12.1 Å². The van der Waals surface area contributed by atoms with E-state index < -0.39 is 0 Å². The fourth-order valence-corrected chi connectivity index (χ4v) is 2.47. The summed E-state index contributed by atoms with van der Waals surface area (Å²) in [4.78, 5) is 0. The highest BCUT2D eigenvalue weighted by Crippen LogP contribution is 2.29. The highest BCUT2D eigenvalue weighted by atomic mass is 79.9. The molecule has 2 atom stereocenters. The largest absolute Gasteiger partial charge is 0.376 e. The Bertz CT molecular complexity index is 316. The highest BCUT2D eigenvalue weighted by Gasteiger charge is 2.30. The van der Waals surface area contributed by atoms with Crippen LogP contribution in [0.2, 0.25) is 0 Å². The van der Waals surface area contributed by atoms with Crippen molar-refractivity contribution in [2.24, 2.45) is 12.9 Å². The fourth-order valence-electron chi connectivity index (χ4n) is 1.90. The van der Waals surface area contributed by atoms with Gasteiger partial charge in [-0.25, -0.2) is 10.1 Å². The second kappa shape index (κ2) is 4.56. The minimum Gasteiger partial charge on any atom is -0.376 e. The van der Waals surface area contributed by atoms with Gasteiger partial charge in [0.15, 0.2) is 4.60 Å². The van der Waals surface area contributed by atoms with Crippen LogP contribution in [0.15, 0.2) is 4.60 Å². The van der Waals surface area contributed by atoms with Crippen LogP contribution in [0.1, 0.15) is 24.6 Å². The number of halogens is 1. The zero-order valence-electron chi connectivity index (χ0n) is 8.48. The first-order valence-corrected chi connectivity index (χ1v) is 5.66. The molecule has 0 bridgehead atoms. The number of rotatable bonds is 3. The van der Waals surface area contributed by atoms with E-state index in [1.54, 1.807) is 4.68 Å². The number of nitrogens with zero attached hydrogens (tertiary/aromatic N) is 3. The number of hydrogen-bond acceptors (Lipinski definition) is 5. The molecule has 0 amide bonds. The van der Waals surface area contributed by atoms with E-state index in [9.17, 15) is 0 Å². The van der Waals surface area contributed by atoms with Gasteiger partial charge in [-0.3, -0.25) is 5.84 Å². The van der Waals surface area contributed by atoms with E-state index in [0.29, 0.717) is 4.60 Å². The molecule has 0 spiro atoms. The number of aromatic nitrogens is 3. The molecule has 0 radical (unpaired) electrons. The van der Waals surface area contributed by atoms with E-state index in [4.69, 9.17) is 10.6 Å². The summed E-state index contributed by atoms with van der Waals surface area (Å²) in [5, 5.41) is 7.86. The van der Waals surface area contributed by atoms with Gasteiger partial charge in [-0.1, -0.05) is 5.21 Å². The lowest BCUT2D eigenvalue weighted by atomic mass is 10.1. The molecule has 0 aromatic carbocycles. The third-order valence-corrected chi connectivity index (χ3v) is 3.20.